The highest BCUT2D eigenvalue weighted by Crippen LogP contribution is 2.43. The van der Waals surface area contributed by atoms with Crippen LogP contribution >= 0.6 is 0 Å². The lowest BCUT2D eigenvalue weighted by molar-refractivity contribution is -0.117. The van der Waals surface area contributed by atoms with E-state index in [-0.39, 0.29) is 16.3 Å². The standard InChI is InChI=1S/C19H17N3O8S2/c1-10-4-2-3-5-14(10)21-22-18-15(32(28,29)30)8-11-6-13(31(25,26)27)7-12(9-16(20)23)17(11)19(18)24/h2-8,24H,9H2,1H3,(H2,20,23)(H,25,26,27)(H,28,29,30). The molecule has 0 saturated carbocycles. The quantitative estimate of drug-likeness (QED) is 0.305. The van der Waals surface area contributed by atoms with E-state index in [4.69, 9.17) is 5.73 Å². The van der Waals surface area contributed by atoms with Crippen molar-refractivity contribution in [2.24, 2.45) is 16.0 Å². The van der Waals surface area contributed by atoms with Gasteiger partial charge in [0, 0.05) is 5.39 Å². The number of aromatic hydroxyl groups is 1. The number of carbonyl (C=O) groups excluding carboxylic acids is 1. The predicted molar refractivity (Wildman–Crippen MR) is 113 cm³/mol. The Morgan fingerprint density at radius 3 is 2.22 bits per heavy atom. The summed E-state index contributed by atoms with van der Waals surface area (Å²) in [6.45, 7) is 1.72. The van der Waals surface area contributed by atoms with Gasteiger partial charge in [0.05, 0.1) is 17.0 Å². The number of primary amides is 1. The number of phenols is 1. The topological polar surface area (TPSA) is 197 Å². The second kappa shape index (κ2) is 8.27. The third-order valence-corrected chi connectivity index (χ3v) is 6.22. The van der Waals surface area contributed by atoms with E-state index < -0.39 is 53.8 Å². The van der Waals surface area contributed by atoms with Gasteiger partial charge in [-0.2, -0.15) is 21.9 Å². The lowest BCUT2D eigenvalue weighted by Crippen LogP contribution is -2.14. The zero-order valence-corrected chi connectivity index (χ0v) is 18.1. The van der Waals surface area contributed by atoms with Gasteiger partial charge < -0.3 is 10.8 Å². The first-order valence-corrected chi connectivity index (χ1v) is 11.7. The van der Waals surface area contributed by atoms with E-state index in [0.717, 1.165) is 18.2 Å². The van der Waals surface area contributed by atoms with Crippen molar-refractivity contribution in [2.45, 2.75) is 23.1 Å². The molecular formula is C19H17N3O8S2. The largest absolute Gasteiger partial charge is 0.505 e. The Hall–Kier alpha value is -3.39. The van der Waals surface area contributed by atoms with Gasteiger partial charge in [-0.25, -0.2) is 0 Å². The number of azo groups is 1. The minimum absolute atomic E-state index is 0.116. The maximum Gasteiger partial charge on any atom is 0.296 e. The molecule has 0 aliphatic heterocycles. The van der Waals surface area contributed by atoms with Crippen molar-refractivity contribution in [3.63, 3.8) is 0 Å². The van der Waals surface area contributed by atoms with Crippen molar-refractivity contribution in [3.8, 4) is 5.75 Å². The number of amides is 1. The lowest BCUT2D eigenvalue weighted by atomic mass is 10.00. The fraction of sp³-hybridized carbons (Fsp3) is 0.105. The number of nitrogens with zero attached hydrogens (tertiary/aromatic N) is 2. The van der Waals surface area contributed by atoms with Crippen LogP contribution < -0.4 is 5.73 Å². The molecule has 168 valence electrons. The van der Waals surface area contributed by atoms with Crippen LogP contribution in [0.2, 0.25) is 0 Å². The van der Waals surface area contributed by atoms with Crippen LogP contribution in [0.15, 0.2) is 62.5 Å². The third-order valence-electron chi connectivity index (χ3n) is 4.52. The van der Waals surface area contributed by atoms with Crippen LogP contribution in [0.4, 0.5) is 11.4 Å². The first-order valence-electron chi connectivity index (χ1n) is 8.82. The summed E-state index contributed by atoms with van der Waals surface area (Å²) in [5, 5.41) is 18.2. The van der Waals surface area contributed by atoms with Gasteiger partial charge in [-0.3, -0.25) is 13.9 Å². The molecule has 3 aromatic rings. The zero-order valence-electron chi connectivity index (χ0n) is 16.4. The van der Waals surface area contributed by atoms with Gasteiger partial charge in [-0.1, -0.05) is 18.2 Å². The number of hydrogen-bond donors (Lipinski definition) is 4. The Balaban J connectivity index is 2.42. The van der Waals surface area contributed by atoms with Crippen molar-refractivity contribution in [1.29, 1.82) is 0 Å². The van der Waals surface area contributed by atoms with E-state index in [0.29, 0.717) is 11.3 Å². The van der Waals surface area contributed by atoms with Gasteiger partial charge in [0.2, 0.25) is 5.91 Å². The summed E-state index contributed by atoms with van der Waals surface area (Å²) in [4.78, 5) is 9.96. The Morgan fingerprint density at radius 1 is 1.00 bits per heavy atom. The number of nitrogens with two attached hydrogens (primary N) is 1. The molecule has 5 N–H and O–H groups in total. The summed E-state index contributed by atoms with van der Waals surface area (Å²) < 4.78 is 66.2. The van der Waals surface area contributed by atoms with Crippen molar-refractivity contribution in [2.75, 3.05) is 0 Å². The van der Waals surface area contributed by atoms with Gasteiger partial charge >= 0.3 is 0 Å². The molecule has 0 radical (unpaired) electrons. The van der Waals surface area contributed by atoms with Crippen molar-refractivity contribution in [1.82, 2.24) is 0 Å². The molecule has 0 heterocycles. The van der Waals surface area contributed by atoms with Crippen molar-refractivity contribution in [3.05, 3.63) is 53.6 Å². The summed E-state index contributed by atoms with van der Waals surface area (Å²) in [5.74, 6) is -1.68. The van der Waals surface area contributed by atoms with Crippen LogP contribution in [-0.4, -0.2) is 37.0 Å². The highest BCUT2D eigenvalue weighted by atomic mass is 32.2. The maximum atomic E-state index is 12.0. The van der Waals surface area contributed by atoms with Crippen LogP contribution in [0.1, 0.15) is 11.1 Å². The van der Waals surface area contributed by atoms with E-state index in [1.165, 1.54) is 0 Å². The molecule has 0 aromatic heterocycles. The van der Waals surface area contributed by atoms with Crippen LogP contribution in [0.3, 0.4) is 0 Å². The van der Waals surface area contributed by atoms with Gasteiger partial charge in [0.15, 0.2) is 5.75 Å². The van der Waals surface area contributed by atoms with Crippen LogP contribution in [0, 0.1) is 6.92 Å². The summed E-state index contributed by atoms with van der Waals surface area (Å²) >= 11 is 0. The molecule has 0 fully saturated rings. The van der Waals surface area contributed by atoms with Crippen molar-refractivity contribution < 1.29 is 35.8 Å². The first-order chi connectivity index (χ1) is 14.8. The summed E-state index contributed by atoms with van der Waals surface area (Å²) in [6, 6.07) is 9.34. The highest BCUT2D eigenvalue weighted by molar-refractivity contribution is 7.86. The Labute approximate surface area is 182 Å². The fourth-order valence-corrected chi connectivity index (χ4v) is 4.32. The maximum absolute atomic E-state index is 12.0. The molecular weight excluding hydrogens is 462 g/mol. The van der Waals surface area contributed by atoms with Crippen molar-refractivity contribution >= 4 is 48.3 Å². The molecule has 0 aliphatic carbocycles. The summed E-state index contributed by atoms with van der Waals surface area (Å²) in [7, 11) is -9.73. The molecule has 0 saturated heterocycles. The minimum atomic E-state index is -4.96. The Bertz CT molecular complexity index is 1500. The number of hydrogen-bond acceptors (Lipinski definition) is 8. The van der Waals surface area contributed by atoms with E-state index >= 15 is 0 Å². The number of fused-ring (bicyclic) bond motifs is 1. The Morgan fingerprint density at radius 2 is 1.66 bits per heavy atom. The van der Waals surface area contributed by atoms with Gasteiger partial charge in [-0.15, -0.1) is 5.11 Å². The number of rotatable bonds is 6. The number of carbonyl (C=O) groups is 1. The molecule has 0 unspecified atom stereocenters. The second-order valence-corrected chi connectivity index (χ2v) is 9.64. The van der Waals surface area contributed by atoms with E-state index in [9.17, 15) is 35.8 Å². The molecule has 32 heavy (non-hydrogen) atoms. The SMILES string of the molecule is Cc1ccccc1N=Nc1c(S(=O)(=O)O)cc2cc(S(=O)(=O)O)cc(CC(N)=O)c2c1O. The average molecular weight is 479 g/mol. The molecule has 0 aliphatic rings. The summed E-state index contributed by atoms with van der Waals surface area (Å²) in [5.41, 5.74) is 5.50. The van der Waals surface area contributed by atoms with Gasteiger partial charge in [0.1, 0.15) is 10.6 Å². The Kier molecular flexibility index (Phi) is 6.02. The number of phenolic OH excluding ortho intramolecular Hbond substituents is 1. The molecule has 1 amide bonds. The normalized spacial score (nSPS) is 12.5. The van der Waals surface area contributed by atoms with E-state index in [2.05, 4.69) is 10.2 Å². The second-order valence-electron chi connectivity index (χ2n) is 6.83. The predicted octanol–water partition coefficient (Wildman–Crippen LogP) is 2.79. The van der Waals surface area contributed by atoms with Crippen LogP contribution in [-0.2, 0) is 31.5 Å². The lowest BCUT2D eigenvalue weighted by Gasteiger charge is -2.13. The molecule has 3 aromatic carbocycles. The van der Waals surface area contributed by atoms with Gasteiger partial charge in [-0.05, 0) is 47.7 Å². The third kappa shape index (κ3) is 4.75. The van der Waals surface area contributed by atoms with E-state index in [1.54, 1.807) is 31.2 Å². The highest BCUT2D eigenvalue weighted by Gasteiger charge is 2.25. The monoisotopic (exact) mass is 479 g/mol. The van der Waals surface area contributed by atoms with E-state index in [1.807, 2.05) is 0 Å². The molecule has 0 spiro atoms. The first kappa shape index (κ1) is 23.3. The van der Waals surface area contributed by atoms with Crippen LogP contribution in [0.25, 0.3) is 10.8 Å². The van der Waals surface area contributed by atoms with Crippen LogP contribution in [0.5, 0.6) is 5.75 Å². The smallest absolute Gasteiger partial charge is 0.296 e. The molecule has 3 rings (SSSR count). The molecule has 0 bridgehead atoms. The number of benzene rings is 3. The molecule has 11 nitrogen and oxygen atoms in total. The van der Waals surface area contributed by atoms with Gasteiger partial charge in [0.25, 0.3) is 20.2 Å². The fourth-order valence-electron chi connectivity index (χ4n) is 3.09. The minimum Gasteiger partial charge on any atom is -0.505 e. The summed E-state index contributed by atoms with van der Waals surface area (Å²) in [6.07, 6.45) is -0.549. The molecule has 0 atom stereocenters. The average Bonchev–Trinajstić information content (AvgIpc) is 2.66. The molecule has 13 heteroatoms. The number of aryl methyl sites for hydroxylation is 1. The zero-order chi connectivity index (χ0) is 23.8.